The number of halogens is 1. The van der Waals surface area contributed by atoms with Crippen molar-refractivity contribution in [3.05, 3.63) is 64.4 Å². The smallest absolute Gasteiger partial charge is 0.0917 e. The number of hydrogen-bond acceptors (Lipinski definition) is 3. The fraction of sp³-hybridized carbons (Fsp3) is 0.312. The van der Waals surface area contributed by atoms with Gasteiger partial charge in [-0.05, 0) is 43.3 Å². The van der Waals surface area contributed by atoms with Crippen molar-refractivity contribution in [1.82, 2.24) is 9.88 Å². The zero-order chi connectivity index (χ0) is 14.5. The monoisotopic (exact) mass is 334 g/mol. The van der Waals surface area contributed by atoms with Crippen LogP contribution in [0.5, 0.6) is 0 Å². The fourth-order valence-corrected chi connectivity index (χ4v) is 2.36. The number of aliphatic hydroxyl groups excluding tert-OH is 1. The highest BCUT2D eigenvalue weighted by Gasteiger charge is 2.16. The highest BCUT2D eigenvalue weighted by atomic mass is 79.9. The molecule has 0 aliphatic heterocycles. The molecule has 2 aromatic rings. The first-order chi connectivity index (χ1) is 9.58. The molecule has 0 spiro atoms. The number of pyridine rings is 1. The maximum atomic E-state index is 10.3. The molecule has 0 bridgehead atoms. The van der Waals surface area contributed by atoms with Crippen molar-refractivity contribution in [2.24, 2.45) is 0 Å². The summed E-state index contributed by atoms with van der Waals surface area (Å²) in [5, 5.41) is 10.3. The van der Waals surface area contributed by atoms with Crippen molar-refractivity contribution in [3.63, 3.8) is 0 Å². The molecule has 0 saturated heterocycles. The third-order valence-electron chi connectivity index (χ3n) is 3.54. The molecule has 1 aromatic heterocycles. The summed E-state index contributed by atoms with van der Waals surface area (Å²) in [6, 6.07) is 12.0. The van der Waals surface area contributed by atoms with Crippen LogP contribution in [0.3, 0.4) is 0 Å². The Morgan fingerprint density at radius 1 is 1.20 bits per heavy atom. The summed E-state index contributed by atoms with van der Waals surface area (Å²) in [6.07, 6.45) is 3.15. The van der Waals surface area contributed by atoms with Crippen molar-refractivity contribution in [2.45, 2.75) is 19.1 Å². The van der Waals surface area contributed by atoms with E-state index >= 15 is 0 Å². The van der Waals surface area contributed by atoms with E-state index < -0.39 is 6.10 Å². The molecule has 2 unspecified atom stereocenters. The molecule has 1 heterocycles. The molecule has 1 aromatic carbocycles. The van der Waals surface area contributed by atoms with Crippen molar-refractivity contribution in [2.75, 3.05) is 13.6 Å². The molecular formula is C16H19BrN2O. The lowest BCUT2D eigenvalue weighted by Crippen LogP contribution is -2.27. The quantitative estimate of drug-likeness (QED) is 0.907. The van der Waals surface area contributed by atoms with Gasteiger partial charge in [0.05, 0.1) is 6.10 Å². The molecule has 4 heteroatoms. The first kappa shape index (κ1) is 15.2. The third-order valence-corrected chi connectivity index (χ3v) is 4.07. The average Bonchev–Trinajstić information content (AvgIpc) is 2.48. The molecule has 0 saturated carbocycles. The van der Waals surface area contributed by atoms with Crippen LogP contribution >= 0.6 is 15.9 Å². The van der Waals surface area contributed by atoms with Crippen LogP contribution in [-0.2, 0) is 0 Å². The lowest BCUT2D eigenvalue weighted by Gasteiger charge is -2.27. The van der Waals surface area contributed by atoms with Crippen LogP contribution in [-0.4, -0.2) is 28.6 Å². The Morgan fingerprint density at radius 2 is 1.90 bits per heavy atom. The van der Waals surface area contributed by atoms with Crippen LogP contribution in [0, 0.1) is 0 Å². The predicted octanol–water partition coefficient (Wildman–Crippen LogP) is 3.57. The summed E-state index contributed by atoms with van der Waals surface area (Å²) in [7, 11) is 2.01. The molecule has 2 rings (SSSR count). The molecule has 20 heavy (non-hydrogen) atoms. The minimum atomic E-state index is -0.493. The molecule has 0 amide bonds. The van der Waals surface area contributed by atoms with Crippen LogP contribution < -0.4 is 0 Å². The number of nitrogens with zero attached hydrogens (tertiary/aromatic N) is 2. The highest BCUT2D eigenvalue weighted by molar-refractivity contribution is 9.10. The van der Waals surface area contributed by atoms with E-state index in [9.17, 15) is 5.11 Å². The minimum absolute atomic E-state index is 0.216. The molecule has 3 nitrogen and oxygen atoms in total. The summed E-state index contributed by atoms with van der Waals surface area (Å²) in [4.78, 5) is 6.27. The topological polar surface area (TPSA) is 36.4 Å². The van der Waals surface area contributed by atoms with Gasteiger partial charge in [0.15, 0.2) is 0 Å². The van der Waals surface area contributed by atoms with Gasteiger partial charge in [-0.15, -0.1) is 0 Å². The summed E-state index contributed by atoms with van der Waals surface area (Å²) < 4.78 is 1.02. The number of benzene rings is 1. The van der Waals surface area contributed by atoms with Gasteiger partial charge in [-0.2, -0.15) is 0 Å². The molecule has 106 valence electrons. The van der Waals surface area contributed by atoms with Crippen molar-refractivity contribution >= 4 is 15.9 Å². The summed E-state index contributed by atoms with van der Waals surface area (Å²) in [6.45, 7) is 2.70. The molecule has 2 atom stereocenters. The minimum Gasteiger partial charge on any atom is -0.387 e. The predicted molar refractivity (Wildman–Crippen MR) is 84.4 cm³/mol. The Labute approximate surface area is 128 Å². The molecule has 0 radical (unpaired) electrons. The zero-order valence-electron chi connectivity index (χ0n) is 11.7. The second kappa shape index (κ2) is 6.97. The van der Waals surface area contributed by atoms with Crippen molar-refractivity contribution < 1.29 is 5.11 Å². The van der Waals surface area contributed by atoms with E-state index in [0.29, 0.717) is 6.54 Å². The van der Waals surface area contributed by atoms with E-state index in [0.717, 1.165) is 15.6 Å². The lowest BCUT2D eigenvalue weighted by atomic mass is 10.1. The Hall–Kier alpha value is -1.23. The average molecular weight is 335 g/mol. The number of aromatic nitrogens is 1. The van der Waals surface area contributed by atoms with Crippen molar-refractivity contribution in [1.29, 1.82) is 0 Å². The van der Waals surface area contributed by atoms with Crippen LogP contribution in [0.4, 0.5) is 0 Å². The van der Waals surface area contributed by atoms with E-state index in [4.69, 9.17) is 0 Å². The maximum absolute atomic E-state index is 10.3. The zero-order valence-corrected chi connectivity index (χ0v) is 13.3. The van der Waals surface area contributed by atoms with Gasteiger partial charge in [0.1, 0.15) is 0 Å². The standard InChI is InChI=1S/C16H19BrN2O/c1-12(14-4-3-9-18-10-14)19(2)11-16(20)13-5-7-15(17)8-6-13/h3-10,12,16,20H,11H2,1-2H3. The van der Waals surface area contributed by atoms with Gasteiger partial charge in [-0.3, -0.25) is 9.88 Å². The maximum Gasteiger partial charge on any atom is 0.0917 e. The molecule has 0 aliphatic rings. The molecule has 1 N–H and O–H groups in total. The van der Waals surface area contributed by atoms with E-state index in [2.05, 4.69) is 38.8 Å². The Bertz CT molecular complexity index is 530. The first-order valence-electron chi connectivity index (χ1n) is 6.61. The van der Waals surface area contributed by atoms with Gasteiger partial charge in [0.2, 0.25) is 0 Å². The number of aliphatic hydroxyl groups is 1. The summed E-state index contributed by atoms with van der Waals surface area (Å²) >= 11 is 3.40. The fourth-order valence-electron chi connectivity index (χ4n) is 2.10. The molecule has 0 fully saturated rings. The second-order valence-electron chi connectivity index (χ2n) is 4.97. The van der Waals surface area contributed by atoms with Crippen LogP contribution in [0.1, 0.15) is 30.2 Å². The van der Waals surface area contributed by atoms with Gasteiger partial charge in [-0.25, -0.2) is 0 Å². The van der Waals surface area contributed by atoms with Gasteiger partial charge < -0.3 is 5.11 Å². The van der Waals surface area contributed by atoms with Crippen molar-refractivity contribution in [3.8, 4) is 0 Å². The van der Waals surface area contributed by atoms with Crippen LogP contribution in [0.2, 0.25) is 0 Å². The van der Waals surface area contributed by atoms with Gasteiger partial charge in [0, 0.05) is 29.5 Å². The van der Waals surface area contributed by atoms with Crippen LogP contribution in [0.25, 0.3) is 0 Å². The van der Waals surface area contributed by atoms with Gasteiger partial charge in [-0.1, -0.05) is 34.1 Å². The Balaban J connectivity index is 2.00. The normalized spacial score (nSPS) is 14.2. The highest BCUT2D eigenvalue weighted by Crippen LogP contribution is 2.22. The van der Waals surface area contributed by atoms with Gasteiger partial charge in [0.25, 0.3) is 0 Å². The Morgan fingerprint density at radius 3 is 2.50 bits per heavy atom. The molecular weight excluding hydrogens is 316 g/mol. The lowest BCUT2D eigenvalue weighted by molar-refractivity contribution is 0.108. The van der Waals surface area contributed by atoms with E-state index in [1.165, 1.54) is 0 Å². The largest absolute Gasteiger partial charge is 0.387 e. The summed E-state index contributed by atoms with van der Waals surface area (Å²) in [5.41, 5.74) is 2.08. The number of likely N-dealkylation sites (N-methyl/N-ethyl adjacent to an activating group) is 1. The molecule has 0 aliphatic carbocycles. The van der Waals surface area contributed by atoms with E-state index in [-0.39, 0.29) is 6.04 Å². The summed E-state index contributed by atoms with van der Waals surface area (Å²) in [5.74, 6) is 0. The number of rotatable bonds is 5. The third kappa shape index (κ3) is 3.88. The van der Waals surface area contributed by atoms with Crippen LogP contribution in [0.15, 0.2) is 53.3 Å². The second-order valence-corrected chi connectivity index (χ2v) is 5.88. The van der Waals surface area contributed by atoms with Gasteiger partial charge >= 0.3 is 0 Å². The first-order valence-corrected chi connectivity index (χ1v) is 7.41. The Kier molecular flexibility index (Phi) is 5.29. The SMILES string of the molecule is CC(c1cccnc1)N(C)CC(O)c1ccc(Br)cc1. The number of hydrogen-bond donors (Lipinski definition) is 1. The van der Waals surface area contributed by atoms with E-state index in [1.807, 2.05) is 43.6 Å². The van der Waals surface area contributed by atoms with E-state index in [1.54, 1.807) is 6.20 Å².